The van der Waals surface area contributed by atoms with Crippen LogP contribution < -0.4 is 10.1 Å². The van der Waals surface area contributed by atoms with Gasteiger partial charge in [0.25, 0.3) is 5.91 Å². The van der Waals surface area contributed by atoms with Crippen molar-refractivity contribution in [3.05, 3.63) is 72.1 Å². The summed E-state index contributed by atoms with van der Waals surface area (Å²) in [6, 6.07) is 10.6. The van der Waals surface area contributed by atoms with E-state index in [0.717, 1.165) is 0 Å². The lowest BCUT2D eigenvalue weighted by Crippen LogP contribution is -2.40. The number of nitrogens with one attached hydrogen (secondary N) is 1. The minimum absolute atomic E-state index is 0.0629. The molecule has 1 amide bonds. The van der Waals surface area contributed by atoms with E-state index in [0.29, 0.717) is 48.9 Å². The number of hydrogen-bond acceptors (Lipinski definition) is 6. The first-order chi connectivity index (χ1) is 16.6. The van der Waals surface area contributed by atoms with Gasteiger partial charge in [0.2, 0.25) is 5.88 Å². The lowest BCUT2D eigenvalue weighted by Gasteiger charge is -2.26. The lowest BCUT2D eigenvalue weighted by atomic mass is 10.1. The zero-order valence-corrected chi connectivity index (χ0v) is 18.3. The number of amides is 1. The molecule has 0 atom stereocenters. The average molecular weight is 465 g/mol. The van der Waals surface area contributed by atoms with E-state index in [1.54, 1.807) is 35.4 Å². The molecule has 2 aromatic carbocycles. The summed E-state index contributed by atoms with van der Waals surface area (Å²) in [6.45, 7) is 2.17. The molecule has 0 aliphatic carbocycles. The summed E-state index contributed by atoms with van der Waals surface area (Å²) in [4.78, 5) is 23.1. The molecule has 5 rings (SSSR count). The Labute approximate surface area is 193 Å². The summed E-state index contributed by atoms with van der Waals surface area (Å²) in [5, 5.41) is 3.15. The zero-order valence-electron chi connectivity index (χ0n) is 18.3. The number of carbonyl (C=O) groups is 1. The van der Waals surface area contributed by atoms with Crippen LogP contribution in [-0.2, 0) is 4.74 Å². The Balaban J connectivity index is 1.51. The topological polar surface area (TPSA) is 81.0 Å². The van der Waals surface area contributed by atoms with Crippen LogP contribution in [0, 0.1) is 11.6 Å². The maximum Gasteiger partial charge on any atom is 0.254 e. The zero-order chi connectivity index (χ0) is 23.7. The molecule has 1 aliphatic rings. The first kappa shape index (κ1) is 21.8. The number of nitrogens with zero attached hydrogens (tertiary/aromatic N) is 4. The van der Waals surface area contributed by atoms with Gasteiger partial charge in [0.1, 0.15) is 11.6 Å². The highest BCUT2D eigenvalue weighted by Crippen LogP contribution is 2.34. The van der Waals surface area contributed by atoms with E-state index < -0.39 is 11.6 Å². The predicted molar refractivity (Wildman–Crippen MR) is 121 cm³/mol. The number of hydrogen-bond donors (Lipinski definition) is 1. The summed E-state index contributed by atoms with van der Waals surface area (Å²) in [6.07, 6.45) is 3.02. The van der Waals surface area contributed by atoms with Gasteiger partial charge in [-0.25, -0.2) is 18.7 Å². The van der Waals surface area contributed by atoms with Crippen LogP contribution in [0.1, 0.15) is 10.4 Å². The molecule has 0 radical (unpaired) electrons. The fourth-order valence-corrected chi connectivity index (χ4v) is 3.92. The molecule has 1 N–H and O–H groups in total. The maximum absolute atomic E-state index is 14.6. The van der Waals surface area contributed by atoms with Crippen molar-refractivity contribution in [3.8, 4) is 17.3 Å². The molecule has 0 saturated carbocycles. The van der Waals surface area contributed by atoms with Crippen LogP contribution in [0.15, 0.2) is 54.9 Å². The molecular weight excluding hydrogens is 444 g/mol. The van der Waals surface area contributed by atoms with E-state index in [4.69, 9.17) is 9.47 Å². The second-order valence-electron chi connectivity index (χ2n) is 7.64. The fraction of sp³-hybridized carbons (Fsp3) is 0.208. The van der Waals surface area contributed by atoms with E-state index in [1.165, 1.54) is 35.9 Å². The minimum Gasteiger partial charge on any atom is -0.479 e. The highest BCUT2D eigenvalue weighted by atomic mass is 19.1. The van der Waals surface area contributed by atoms with Crippen LogP contribution in [0.25, 0.3) is 16.9 Å². The molecule has 0 bridgehead atoms. The standard InChI is InChI=1S/C24H21F2N5O3/c1-33-23-20-21(28-16-7-5-15(6-8-16)24(32)30-11-13-34-14-12-30)29-22(31(20)10-9-27-23)19-17(25)3-2-4-18(19)26/h2-10,28H,11-14H2,1H3. The van der Waals surface area contributed by atoms with Crippen molar-refractivity contribution < 1.29 is 23.0 Å². The first-order valence-electron chi connectivity index (χ1n) is 10.7. The number of fused-ring (bicyclic) bond motifs is 1. The SMILES string of the molecule is COc1nccn2c(-c3c(F)cccc3F)nc(Nc3ccc(C(=O)N4CCOCC4)cc3)c12. The van der Waals surface area contributed by atoms with Gasteiger partial charge in [-0.2, -0.15) is 0 Å². The van der Waals surface area contributed by atoms with Gasteiger partial charge >= 0.3 is 0 Å². The van der Waals surface area contributed by atoms with E-state index in [1.807, 2.05) is 0 Å². The molecule has 34 heavy (non-hydrogen) atoms. The minimum atomic E-state index is -0.736. The number of halogens is 2. The molecule has 0 spiro atoms. The molecular formula is C24H21F2N5O3. The van der Waals surface area contributed by atoms with Crippen molar-refractivity contribution in [2.24, 2.45) is 0 Å². The van der Waals surface area contributed by atoms with Gasteiger partial charge in [-0.05, 0) is 36.4 Å². The largest absolute Gasteiger partial charge is 0.479 e. The van der Waals surface area contributed by atoms with Crippen molar-refractivity contribution in [3.63, 3.8) is 0 Å². The van der Waals surface area contributed by atoms with Crippen molar-refractivity contribution in [1.29, 1.82) is 0 Å². The molecule has 174 valence electrons. The van der Waals surface area contributed by atoms with Crippen LogP contribution in [0.3, 0.4) is 0 Å². The van der Waals surface area contributed by atoms with Crippen LogP contribution in [0.5, 0.6) is 5.88 Å². The van der Waals surface area contributed by atoms with E-state index >= 15 is 0 Å². The highest BCUT2D eigenvalue weighted by molar-refractivity contribution is 5.95. The van der Waals surface area contributed by atoms with Gasteiger partial charge < -0.3 is 19.7 Å². The second-order valence-corrected chi connectivity index (χ2v) is 7.64. The molecule has 8 nitrogen and oxygen atoms in total. The number of anilines is 2. The van der Waals surface area contributed by atoms with E-state index in [-0.39, 0.29) is 23.2 Å². The van der Waals surface area contributed by atoms with Crippen LogP contribution in [0.2, 0.25) is 0 Å². The molecule has 3 heterocycles. The van der Waals surface area contributed by atoms with Gasteiger partial charge in [0, 0.05) is 36.7 Å². The smallest absolute Gasteiger partial charge is 0.254 e. The number of carbonyl (C=O) groups excluding carboxylic acids is 1. The molecule has 4 aromatic rings. The molecule has 1 aliphatic heterocycles. The summed E-state index contributed by atoms with van der Waals surface area (Å²) >= 11 is 0. The molecule has 1 saturated heterocycles. The summed E-state index contributed by atoms with van der Waals surface area (Å²) in [5.74, 6) is -0.937. The van der Waals surface area contributed by atoms with Crippen molar-refractivity contribution in [2.45, 2.75) is 0 Å². The van der Waals surface area contributed by atoms with Crippen molar-refractivity contribution in [1.82, 2.24) is 19.3 Å². The third kappa shape index (κ3) is 3.92. The molecule has 10 heteroatoms. The van der Waals surface area contributed by atoms with Gasteiger partial charge in [-0.1, -0.05) is 6.07 Å². The van der Waals surface area contributed by atoms with Gasteiger partial charge in [-0.15, -0.1) is 0 Å². The normalized spacial score (nSPS) is 13.8. The Morgan fingerprint density at radius 1 is 1.09 bits per heavy atom. The number of ether oxygens (including phenoxy) is 2. The monoisotopic (exact) mass is 465 g/mol. The average Bonchev–Trinajstić information content (AvgIpc) is 3.22. The summed E-state index contributed by atoms with van der Waals surface area (Å²) < 4.78 is 41.3. The Hall–Kier alpha value is -4.05. The Kier molecular flexibility index (Phi) is 5.81. The first-order valence-corrected chi connectivity index (χ1v) is 10.7. The number of rotatable bonds is 5. The number of benzene rings is 2. The van der Waals surface area contributed by atoms with Crippen LogP contribution >= 0.6 is 0 Å². The number of methoxy groups -OCH3 is 1. The quantitative estimate of drug-likeness (QED) is 0.482. The Bertz CT molecular complexity index is 1330. The van der Waals surface area contributed by atoms with Gasteiger partial charge in [-0.3, -0.25) is 9.20 Å². The third-order valence-electron chi connectivity index (χ3n) is 5.59. The highest BCUT2D eigenvalue weighted by Gasteiger charge is 2.23. The number of aromatic nitrogens is 3. The maximum atomic E-state index is 14.6. The number of imidazole rings is 1. The fourth-order valence-electron chi connectivity index (χ4n) is 3.92. The Morgan fingerprint density at radius 3 is 2.47 bits per heavy atom. The van der Waals surface area contributed by atoms with E-state index in [2.05, 4.69) is 15.3 Å². The summed E-state index contributed by atoms with van der Waals surface area (Å²) in [5.41, 5.74) is 1.34. The molecule has 1 fully saturated rings. The van der Waals surface area contributed by atoms with Crippen molar-refractivity contribution in [2.75, 3.05) is 38.7 Å². The van der Waals surface area contributed by atoms with Crippen molar-refractivity contribution >= 4 is 22.9 Å². The van der Waals surface area contributed by atoms with E-state index in [9.17, 15) is 13.6 Å². The third-order valence-corrected chi connectivity index (χ3v) is 5.59. The van der Waals surface area contributed by atoms with Crippen LogP contribution in [0.4, 0.5) is 20.3 Å². The van der Waals surface area contributed by atoms with Gasteiger partial charge in [0.15, 0.2) is 17.2 Å². The predicted octanol–water partition coefficient (Wildman–Crippen LogP) is 3.90. The number of morpholine rings is 1. The summed E-state index contributed by atoms with van der Waals surface area (Å²) in [7, 11) is 1.45. The second kappa shape index (κ2) is 9.06. The Morgan fingerprint density at radius 2 is 1.79 bits per heavy atom. The van der Waals surface area contributed by atoms with Gasteiger partial charge in [0.05, 0.1) is 25.9 Å². The lowest BCUT2D eigenvalue weighted by molar-refractivity contribution is 0.0303. The molecule has 2 aromatic heterocycles. The van der Waals surface area contributed by atoms with Crippen LogP contribution in [-0.4, -0.2) is 58.6 Å². The molecule has 0 unspecified atom stereocenters.